The van der Waals surface area contributed by atoms with Crippen LogP contribution in [0.25, 0.3) is 0 Å². The monoisotopic (exact) mass is 314 g/mol. The minimum Gasteiger partial charge on any atom is -0.497 e. The third-order valence-corrected chi connectivity index (χ3v) is 3.66. The lowest BCUT2D eigenvalue weighted by molar-refractivity contribution is 0.0612. The molecule has 1 amide bonds. The molecule has 118 valence electrons. The van der Waals surface area contributed by atoms with Crippen molar-refractivity contribution in [2.24, 2.45) is 0 Å². The lowest BCUT2D eigenvalue weighted by atomic mass is 10.1. The number of nitrogens with zero attached hydrogens (tertiary/aromatic N) is 1. The summed E-state index contributed by atoms with van der Waals surface area (Å²) in [6, 6.07) is 5.75. The number of halogens is 1. The fraction of sp³-hybridized carbons (Fsp3) is 0.533. The van der Waals surface area contributed by atoms with E-state index in [0.717, 1.165) is 6.54 Å². The minimum atomic E-state index is -0.0124. The summed E-state index contributed by atoms with van der Waals surface area (Å²) in [6.07, 6.45) is 0. The van der Waals surface area contributed by atoms with Gasteiger partial charge in [-0.1, -0.05) is 0 Å². The van der Waals surface area contributed by atoms with E-state index in [0.29, 0.717) is 29.6 Å². The summed E-state index contributed by atoms with van der Waals surface area (Å²) >= 11 is 0. The highest BCUT2D eigenvalue weighted by Gasteiger charge is 2.29. The summed E-state index contributed by atoms with van der Waals surface area (Å²) in [5.74, 6) is 1.22. The lowest BCUT2D eigenvalue weighted by Gasteiger charge is -2.37. The first-order valence-electron chi connectivity index (χ1n) is 6.83. The molecule has 2 atom stereocenters. The molecule has 1 aromatic rings. The molecule has 2 unspecified atom stereocenters. The Morgan fingerprint density at radius 1 is 1.29 bits per heavy atom. The molecule has 1 aliphatic rings. The maximum Gasteiger partial charge on any atom is 0.258 e. The predicted molar refractivity (Wildman–Crippen MR) is 84.8 cm³/mol. The van der Waals surface area contributed by atoms with Gasteiger partial charge >= 0.3 is 0 Å². The SMILES string of the molecule is COc1ccc(OC)c(C(=O)N2CC(C)NCC2C)c1.Cl. The van der Waals surface area contributed by atoms with Crippen molar-refractivity contribution in [1.29, 1.82) is 0 Å². The maximum absolute atomic E-state index is 12.8. The van der Waals surface area contributed by atoms with Gasteiger partial charge in [0.05, 0.1) is 19.8 Å². The fourth-order valence-corrected chi connectivity index (χ4v) is 2.44. The number of benzene rings is 1. The van der Waals surface area contributed by atoms with Crippen molar-refractivity contribution in [3.05, 3.63) is 23.8 Å². The molecule has 6 heteroatoms. The molecule has 5 nitrogen and oxygen atoms in total. The van der Waals surface area contributed by atoms with E-state index in [1.54, 1.807) is 32.4 Å². The third-order valence-electron chi connectivity index (χ3n) is 3.66. The van der Waals surface area contributed by atoms with E-state index < -0.39 is 0 Å². The van der Waals surface area contributed by atoms with E-state index in [-0.39, 0.29) is 24.4 Å². The van der Waals surface area contributed by atoms with Crippen LogP contribution in [0.5, 0.6) is 11.5 Å². The summed E-state index contributed by atoms with van der Waals surface area (Å²) < 4.78 is 10.5. The van der Waals surface area contributed by atoms with Gasteiger partial charge in [-0.3, -0.25) is 4.79 Å². The Hall–Kier alpha value is -1.46. The molecule has 1 aromatic carbocycles. The van der Waals surface area contributed by atoms with E-state index in [1.165, 1.54) is 0 Å². The fourth-order valence-electron chi connectivity index (χ4n) is 2.44. The number of amides is 1. The van der Waals surface area contributed by atoms with E-state index in [2.05, 4.69) is 12.2 Å². The van der Waals surface area contributed by atoms with Gasteiger partial charge < -0.3 is 19.7 Å². The average molecular weight is 315 g/mol. The van der Waals surface area contributed by atoms with Crippen LogP contribution in [0.1, 0.15) is 24.2 Å². The molecule has 0 aliphatic carbocycles. The zero-order valence-corrected chi connectivity index (χ0v) is 13.7. The second-order valence-corrected chi connectivity index (χ2v) is 5.18. The molecule has 2 rings (SSSR count). The molecule has 0 radical (unpaired) electrons. The molecule has 21 heavy (non-hydrogen) atoms. The van der Waals surface area contributed by atoms with Gasteiger partial charge in [0, 0.05) is 25.2 Å². The number of methoxy groups -OCH3 is 2. The van der Waals surface area contributed by atoms with E-state index >= 15 is 0 Å². The smallest absolute Gasteiger partial charge is 0.258 e. The van der Waals surface area contributed by atoms with Gasteiger partial charge in [0.15, 0.2) is 0 Å². The molecular formula is C15H23ClN2O3. The molecular weight excluding hydrogens is 292 g/mol. The zero-order valence-electron chi connectivity index (χ0n) is 12.9. The van der Waals surface area contributed by atoms with E-state index in [1.807, 2.05) is 11.8 Å². The summed E-state index contributed by atoms with van der Waals surface area (Å²) in [6.45, 7) is 5.62. The Morgan fingerprint density at radius 2 is 2.00 bits per heavy atom. The number of carbonyl (C=O) groups excluding carboxylic acids is 1. The Balaban J connectivity index is 0.00000220. The highest BCUT2D eigenvalue weighted by Crippen LogP contribution is 2.26. The van der Waals surface area contributed by atoms with Crippen molar-refractivity contribution in [3.63, 3.8) is 0 Å². The molecule has 1 aliphatic heterocycles. The Labute approximate surface area is 132 Å². The largest absolute Gasteiger partial charge is 0.497 e. The topological polar surface area (TPSA) is 50.8 Å². The summed E-state index contributed by atoms with van der Waals surface area (Å²) in [4.78, 5) is 14.7. The van der Waals surface area contributed by atoms with Gasteiger partial charge in [0.2, 0.25) is 0 Å². The summed E-state index contributed by atoms with van der Waals surface area (Å²) in [5.41, 5.74) is 0.549. The number of rotatable bonds is 3. The van der Waals surface area contributed by atoms with Gasteiger partial charge in [-0.2, -0.15) is 0 Å². The van der Waals surface area contributed by atoms with E-state index in [4.69, 9.17) is 9.47 Å². The molecule has 1 N–H and O–H groups in total. The van der Waals surface area contributed by atoms with Gasteiger partial charge in [-0.05, 0) is 32.0 Å². The normalized spacial score (nSPS) is 21.4. The van der Waals surface area contributed by atoms with Crippen LogP contribution < -0.4 is 14.8 Å². The van der Waals surface area contributed by atoms with Crippen LogP contribution in [0, 0.1) is 0 Å². The first-order valence-corrected chi connectivity index (χ1v) is 6.83. The van der Waals surface area contributed by atoms with Gasteiger partial charge in [-0.25, -0.2) is 0 Å². The quantitative estimate of drug-likeness (QED) is 0.926. The molecule has 0 aromatic heterocycles. The van der Waals surface area contributed by atoms with Crippen molar-refractivity contribution < 1.29 is 14.3 Å². The minimum absolute atomic E-state index is 0. The van der Waals surface area contributed by atoms with Crippen molar-refractivity contribution in [2.75, 3.05) is 27.3 Å². The van der Waals surface area contributed by atoms with Crippen LogP contribution >= 0.6 is 12.4 Å². The highest BCUT2D eigenvalue weighted by molar-refractivity contribution is 5.97. The molecule has 0 spiro atoms. The second-order valence-electron chi connectivity index (χ2n) is 5.18. The second kappa shape index (κ2) is 7.52. The first kappa shape index (κ1) is 17.6. The summed E-state index contributed by atoms with van der Waals surface area (Å²) in [7, 11) is 3.16. The highest BCUT2D eigenvalue weighted by atomic mass is 35.5. The molecule has 1 heterocycles. The number of piperazine rings is 1. The Bertz CT molecular complexity index is 496. The van der Waals surface area contributed by atoms with Crippen LogP contribution in [0.3, 0.4) is 0 Å². The van der Waals surface area contributed by atoms with Crippen molar-refractivity contribution >= 4 is 18.3 Å². The molecule has 1 saturated heterocycles. The lowest BCUT2D eigenvalue weighted by Crippen LogP contribution is -2.56. The number of hydrogen-bond acceptors (Lipinski definition) is 4. The zero-order chi connectivity index (χ0) is 14.7. The average Bonchev–Trinajstić information content (AvgIpc) is 2.48. The number of hydrogen-bond donors (Lipinski definition) is 1. The van der Waals surface area contributed by atoms with Crippen molar-refractivity contribution in [1.82, 2.24) is 10.2 Å². The van der Waals surface area contributed by atoms with Crippen LogP contribution in [-0.2, 0) is 0 Å². The number of carbonyl (C=O) groups is 1. The van der Waals surface area contributed by atoms with Crippen LogP contribution in [0.2, 0.25) is 0 Å². The Kier molecular flexibility index (Phi) is 6.30. The maximum atomic E-state index is 12.8. The number of ether oxygens (including phenoxy) is 2. The van der Waals surface area contributed by atoms with Gasteiger partial charge in [-0.15, -0.1) is 12.4 Å². The molecule has 0 bridgehead atoms. The van der Waals surface area contributed by atoms with Gasteiger partial charge in [0.25, 0.3) is 5.91 Å². The standard InChI is InChI=1S/C15H22N2O3.ClH/c1-10-9-17(11(2)8-16-10)15(18)13-7-12(19-3)5-6-14(13)20-4;/h5-7,10-11,16H,8-9H2,1-4H3;1H. The molecule has 1 fully saturated rings. The predicted octanol–water partition coefficient (Wildman–Crippen LogP) is 1.95. The summed E-state index contributed by atoms with van der Waals surface area (Å²) in [5, 5.41) is 3.37. The van der Waals surface area contributed by atoms with E-state index in [9.17, 15) is 4.79 Å². The molecule has 0 saturated carbocycles. The van der Waals surface area contributed by atoms with Crippen LogP contribution in [0.4, 0.5) is 0 Å². The van der Waals surface area contributed by atoms with Crippen LogP contribution in [-0.4, -0.2) is 50.2 Å². The number of nitrogens with one attached hydrogen (secondary N) is 1. The van der Waals surface area contributed by atoms with Crippen molar-refractivity contribution in [3.8, 4) is 11.5 Å². The van der Waals surface area contributed by atoms with Crippen molar-refractivity contribution in [2.45, 2.75) is 25.9 Å². The third kappa shape index (κ3) is 3.80. The van der Waals surface area contributed by atoms with Gasteiger partial charge in [0.1, 0.15) is 11.5 Å². The van der Waals surface area contributed by atoms with Crippen LogP contribution in [0.15, 0.2) is 18.2 Å². The first-order chi connectivity index (χ1) is 9.56. The Morgan fingerprint density at radius 3 is 2.62 bits per heavy atom.